The van der Waals surface area contributed by atoms with Gasteiger partial charge >= 0.3 is 0 Å². The van der Waals surface area contributed by atoms with Crippen molar-refractivity contribution >= 4 is 5.95 Å². The molecule has 4 rings (SSSR count). The van der Waals surface area contributed by atoms with Gasteiger partial charge < -0.3 is 13.8 Å². The molecule has 0 aliphatic rings. The van der Waals surface area contributed by atoms with Crippen LogP contribution in [0.1, 0.15) is 43.8 Å². The summed E-state index contributed by atoms with van der Waals surface area (Å²) in [5.74, 6) is 3.85. The van der Waals surface area contributed by atoms with E-state index in [1.165, 1.54) is 0 Å². The smallest absolute Gasteiger partial charge is 0.228 e. The molecular formula is C23H28N6O2. The Morgan fingerprint density at radius 1 is 1.10 bits per heavy atom. The first kappa shape index (κ1) is 20.8. The van der Waals surface area contributed by atoms with Gasteiger partial charge in [-0.3, -0.25) is 4.57 Å². The Bertz CT molecular complexity index is 1110. The summed E-state index contributed by atoms with van der Waals surface area (Å²) in [6.45, 7) is 9.61. The van der Waals surface area contributed by atoms with Gasteiger partial charge in [-0.15, -0.1) is 10.2 Å². The Kier molecular flexibility index (Phi) is 6.16. The standard InChI is InChI=1S/C23H28N6O2/c1-5-21-24-20(27-31-21)12-13-28-22(19-11-7-6-9-17(19)4)25-26-23(28)29(16(2)3)15-18-10-8-14-30-18/h6-11,14,16H,5,12-13,15H2,1-4H3. The van der Waals surface area contributed by atoms with Crippen LogP contribution in [0.4, 0.5) is 5.95 Å². The van der Waals surface area contributed by atoms with Crippen LogP contribution in [0.2, 0.25) is 0 Å². The molecule has 0 N–H and O–H groups in total. The fourth-order valence-electron chi connectivity index (χ4n) is 3.54. The maximum Gasteiger partial charge on any atom is 0.228 e. The molecule has 0 bridgehead atoms. The van der Waals surface area contributed by atoms with Crippen LogP contribution in [0.5, 0.6) is 0 Å². The third kappa shape index (κ3) is 4.52. The molecule has 31 heavy (non-hydrogen) atoms. The number of furan rings is 1. The lowest BCUT2D eigenvalue weighted by Gasteiger charge is -2.27. The Morgan fingerprint density at radius 2 is 1.94 bits per heavy atom. The van der Waals surface area contributed by atoms with Crippen molar-refractivity contribution in [2.24, 2.45) is 0 Å². The van der Waals surface area contributed by atoms with Crippen LogP contribution in [-0.2, 0) is 25.9 Å². The monoisotopic (exact) mass is 420 g/mol. The number of anilines is 1. The average molecular weight is 421 g/mol. The molecule has 0 saturated heterocycles. The van der Waals surface area contributed by atoms with Crippen molar-refractivity contribution in [3.8, 4) is 11.4 Å². The minimum absolute atomic E-state index is 0.203. The van der Waals surface area contributed by atoms with Crippen molar-refractivity contribution in [2.45, 2.75) is 59.7 Å². The fraction of sp³-hybridized carbons (Fsp3) is 0.391. The van der Waals surface area contributed by atoms with Crippen LogP contribution >= 0.6 is 0 Å². The highest BCUT2D eigenvalue weighted by molar-refractivity contribution is 5.62. The summed E-state index contributed by atoms with van der Waals surface area (Å²) in [7, 11) is 0. The number of hydrogen-bond acceptors (Lipinski definition) is 7. The molecule has 3 heterocycles. The molecule has 3 aromatic heterocycles. The first-order chi connectivity index (χ1) is 15.1. The Hall–Kier alpha value is -3.42. The molecule has 0 spiro atoms. The molecular weight excluding hydrogens is 392 g/mol. The third-order valence-electron chi connectivity index (χ3n) is 5.28. The van der Waals surface area contributed by atoms with Gasteiger partial charge in [0.1, 0.15) is 5.76 Å². The van der Waals surface area contributed by atoms with Crippen LogP contribution in [0.15, 0.2) is 51.6 Å². The summed E-state index contributed by atoms with van der Waals surface area (Å²) in [6.07, 6.45) is 3.04. The second kappa shape index (κ2) is 9.16. The van der Waals surface area contributed by atoms with E-state index in [0.717, 1.165) is 35.1 Å². The van der Waals surface area contributed by atoms with E-state index in [4.69, 9.17) is 8.94 Å². The van der Waals surface area contributed by atoms with Crippen LogP contribution in [0.3, 0.4) is 0 Å². The van der Waals surface area contributed by atoms with E-state index < -0.39 is 0 Å². The normalized spacial score (nSPS) is 11.4. The molecule has 0 aliphatic heterocycles. The van der Waals surface area contributed by atoms with Crippen molar-refractivity contribution in [2.75, 3.05) is 4.90 Å². The van der Waals surface area contributed by atoms with Gasteiger partial charge in [0.25, 0.3) is 0 Å². The predicted octanol–water partition coefficient (Wildman–Crippen LogP) is 4.45. The lowest BCUT2D eigenvalue weighted by atomic mass is 10.1. The number of benzene rings is 1. The zero-order valence-electron chi connectivity index (χ0n) is 18.4. The fourth-order valence-corrected chi connectivity index (χ4v) is 3.54. The highest BCUT2D eigenvalue weighted by atomic mass is 16.5. The molecule has 162 valence electrons. The molecule has 0 aliphatic carbocycles. The molecule has 0 unspecified atom stereocenters. The lowest BCUT2D eigenvalue weighted by Crippen LogP contribution is -2.33. The van der Waals surface area contributed by atoms with E-state index in [-0.39, 0.29) is 6.04 Å². The van der Waals surface area contributed by atoms with Gasteiger partial charge in [-0.25, -0.2) is 0 Å². The van der Waals surface area contributed by atoms with Crippen LogP contribution in [-0.4, -0.2) is 30.9 Å². The second-order valence-corrected chi connectivity index (χ2v) is 7.80. The van der Waals surface area contributed by atoms with Gasteiger partial charge in [-0.05, 0) is 38.5 Å². The SMILES string of the molecule is CCc1nc(CCn2c(-c3ccccc3C)nnc2N(Cc2ccco2)C(C)C)no1. The van der Waals surface area contributed by atoms with Crippen molar-refractivity contribution < 1.29 is 8.94 Å². The molecule has 0 amide bonds. The lowest BCUT2D eigenvalue weighted by molar-refractivity contribution is 0.375. The van der Waals surface area contributed by atoms with Gasteiger partial charge in [-0.1, -0.05) is 36.3 Å². The summed E-state index contributed by atoms with van der Waals surface area (Å²) < 4.78 is 13.0. The van der Waals surface area contributed by atoms with Crippen LogP contribution < -0.4 is 4.90 Å². The topological polar surface area (TPSA) is 86.0 Å². The van der Waals surface area contributed by atoms with Crippen molar-refractivity contribution in [3.63, 3.8) is 0 Å². The maximum absolute atomic E-state index is 5.60. The number of aromatic nitrogens is 5. The van der Waals surface area contributed by atoms with Crippen LogP contribution in [0.25, 0.3) is 11.4 Å². The van der Waals surface area contributed by atoms with E-state index in [9.17, 15) is 0 Å². The first-order valence-electron chi connectivity index (χ1n) is 10.7. The second-order valence-electron chi connectivity index (χ2n) is 7.80. The quantitative estimate of drug-likeness (QED) is 0.395. The average Bonchev–Trinajstić information content (AvgIpc) is 3.51. The summed E-state index contributed by atoms with van der Waals surface area (Å²) in [5.41, 5.74) is 2.21. The van der Waals surface area contributed by atoms with E-state index in [0.29, 0.717) is 31.2 Å². The van der Waals surface area contributed by atoms with Crippen molar-refractivity contribution in [1.82, 2.24) is 24.9 Å². The number of hydrogen-bond donors (Lipinski definition) is 0. The van der Waals surface area contributed by atoms with E-state index >= 15 is 0 Å². The number of aryl methyl sites for hydroxylation is 3. The van der Waals surface area contributed by atoms with E-state index in [2.05, 4.69) is 62.7 Å². The van der Waals surface area contributed by atoms with E-state index in [1.54, 1.807) is 6.26 Å². The zero-order chi connectivity index (χ0) is 21.8. The van der Waals surface area contributed by atoms with Crippen molar-refractivity contribution in [1.29, 1.82) is 0 Å². The van der Waals surface area contributed by atoms with Gasteiger partial charge in [0.15, 0.2) is 11.6 Å². The predicted molar refractivity (Wildman–Crippen MR) is 118 cm³/mol. The Balaban J connectivity index is 1.72. The summed E-state index contributed by atoms with van der Waals surface area (Å²) in [5, 5.41) is 13.3. The maximum atomic E-state index is 5.60. The number of nitrogens with zero attached hydrogens (tertiary/aromatic N) is 6. The van der Waals surface area contributed by atoms with Crippen LogP contribution in [0, 0.1) is 6.92 Å². The molecule has 8 heteroatoms. The molecule has 8 nitrogen and oxygen atoms in total. The molecule has 1 aromatic carbocycles. The minimum atomic E-state index is 0.203. The summed E-state index contributed by atoms with van der Waals surface area (Å²) in [4.78, 5) is 6.65. The summed E-state index contributed by atoms with van der Waals surface area (Å²) in [6, 6.07) is 12.3. The van der Waals surface area contributed by atoms with Gasteiger partial charge in [0, 0.05) is 31.0 Å². The largest absolute Gasteiger partial charge is 0.467 e. The Labute approximate surface area is 181 Å². The van der Waals surface area contributed by atoms with E-state index in [1.807, 2.05) is 31.2 Å². The Morgan fingerprint density at radius 3 is 2.61 bits per heavy atom. The van der Waals surface area contributed by atoms with Gasteiger partial charge in [0.05, 0.1) is 12.8 Å². The molecule has 0 radical (unpaired) electrons. The highest BCUT2D eigenvalue weighted by Crippen LogP contribution is 2.28. The minimum Gasteiger partial charge on any atom is -0.467 e. The number of rotatable bonds is 9. The molecule has 4 aromatic rings. The van der Waals surface area contributed by atoms with Gasteiger partial charge in [0.2, 0.25) is 11.8 Å². The third-order valence-corrected chi connectivity index (χ3v) is 5.28. The molecule has 0 saturated carbocycles. The molecule has 0 fully saturated rings. The zero-order valence-corrected chi connectivity index (χ0v) is 18.4. The van der Waals surface area contributed by atoms with Crippen molar-refractivity contribution in [3.05, 3.63) is 65.7 Å². The highest BCUT2D eigenvalue weighted by Gasteiger charge is 2.23. The first-order valence-corrected chi connectivity index (χ1v) is 10.7. The molecule has 0 atom stereocenters. The van der Waals surface area contributed by atoms with Gasteiger partial charge in [-0.2, -0.15) is 4.98 Å². The summed E-state index contributed by atoms with van der Waals surface area (Å²) >= 11 is 0.